The molecule has 1 saturated carbocycles. The minimum absolute atomic E-state index is 0.174. The van der Waals surface area contributed by atoms with Crippen molar-refractivity contribution in [1.29, 1.82) is 0 Å². The highest BCUT2D eigenvalue weighted by Gasteiger charge is 2.33. The van der Waals surface area contributed by atoms with Crippen LogP contribution in [-0.2, 0) is 13.0 Å². The van der Waals surface area contributed by atoms with Crippen LogP contribution in [0.3, 0.4) is 0 Å². The number of aliphatic hydroxyl groups is 1. The van der Waals surface area contributed by atoms with Crippen molar-refractivity contribution in [2.45, 2.75) is 77.9 Å². The second-order valence-corrected chi connectivity index (χ2v) is 9.43. The van der Waals surface area contributed by atoms with Crippen LogP contribution in [0.1, 0.15) is 75.3 Å². The molecule has 1 amide bonds. The average Bonchev–Trinajstić information content (AvgIpc) is 3.14. The van der Waals surface area contributed by atoms with Gasteiger partial charge in [0, 0.05) is 18.7 Å². The number of halogens is 1. The van der Waals surface area contributed by atoms with Crippen molar-refractivity contribution < 1.29 is 14.6 Å². The number of aryl methyl sites for hydroxylation is 2. The highest BCUT2D eigenvalue weighted by atomic mass is 35.5. The highest BCUT2D eigenvalue weighted by Crippen LogP contribution is 2.38. The van der Waals surface area contributed by atoms with Crippen molar-refractivity contribution in [3.05, 3.63) is 34.5 Å². The van der Waals surface area contributed by atoms with Crippen molar-refractivity contribution in [2.24, 2.45) is 5.92 Å². The van der Waals surface area contributed by atoms with Crippen LogP contribution in [0.2, 0.25) is 5.02 Å². The lowest BCUT2D eigenvalue weighted by molar-refractivity contribution is -0.00544. The Morgan fingerprint density at radius 3 is 2.69 bits per heavy atom. The number of nitrogens with zero attached hydrogens (tertiary/aromatic N) is 2. The summed E-state index contributed by atoms with van der Waals surface area (Å²) in [6.45, 7) is 7.10. The summed E-state index contributed by atoms with van der Waals surface area (Å²) in [6.07, 6.45) is 6.56. The van der Waals surface area contributed by atoms with E-state index in [0.29, 0.717) is 41.8 Å². The van der Waals surface area contributed by atoms with Crippen LogP contribution in [0, 0.1) is 5.92 Å². The normalized spacial score (nSPS) is 20.9. The van der Waals surface area contributed by atoms with Gasteiger partial charge in [-0.05, 0) is 69.1 Å². The van der Waals surface area contributed by atoms with Gasteiger partial charge in [0.15, 0.2) is 5.69 Å². The minimum atomic E-state index is -0.859. The van der Waals surface area contributed by atoms with Gasteiger partial charge in [-0.3, -0.25) is 9.48 Å². The second-order valence-electron chi connectivity index (χ2n) is 9.05. The van der Waals surface area contributed by atoms with Gasteiger partial charge in [0.25, 0.3) is 5.91 Å². The summed E-state index contributed by atoms with van der Waals surface area (Å²) in [4.78, 5) is 12.9. The van der Waals surface area contributed by atoms with E-state index in [1.54, 1.807) is 11.8 Å². The molecule has 1 heterocycles. The third-order valence-electron chi connectivity index (χ3n) is 6.53. The van der Waals surface area contributed by atoms with Gasteiger partial charge in [-0.2, -0.15) is 5.10 Å². The lowest BCUT2D eigenvalue weighted by Crippen LogP contribution is -2.45. The molecule has 0 atom stereocenters. The number of methoxy groups -OCH3 is 1. The molecule has 1 aromatic heterocycles. The number of amides is 1. The number of rotatable bonds is 9. The van der Waals surface area contributed by atoms with Gasteiger partial charge < -0.3 is 15.2 Å². The predicted octanol–water partition coefficient (Wildman–Crippen LogP) is 5.25. The molecule has 1 fully saturated rings. The smallest absolute Gasteiger partial charge is 0.273 e. The zero-order chi connectivity index (χ0) is 23.3. The first kappa shape index (κ1) is 24.6. The molecule has 0 saturated heterocycles. The van der Waals surface area contributed by atoms with Crippen LogP contribution in [0.25, 0.3) is 11.3 Å². The summed E-state index contributed by atoms with van der Waals surface area (Å²) in [5, 5.41) is 18.5. The fourth-order valence-corrected chi connectivity index (χ4v) is 4.67. The lowest BCUT2D eigenvalue weighted by atomic mass is 9.79. The van der Waals surface area contributed by atoms with E-state index in [1.165, 1.54) is 5.56 Å². The molecule has 0 spiro atoms. The number of unbranched alkanes of at least 4 members (excludes halogenated alkanes) is 1. The van der Waals surface area contributed by atoms with Gasteiger partial charge in [0.05, 0.1) is 23.4 Å². The van der Waals surface area contributed by atoms with Crippen molar-refractivity contribution in [2.75, 3.05) is 13.7 Å². The monoisotopic (exact) mass is 461 g/mol. The van der Waals surface area contributed by atoms with E-state index in [2.05, 4.69) is 30.3 Å². The van der Waals surface area contributed by atoms with Crippen LogP contribution in [-0.4, -0.2) is 40.0 Å². The maximum atomic E-state index is 12.9. The summed E-state index contributed by atoms with van der Waals surface area (Å²) < 4.78 is 7.39. The topological polar surface area (TPSA) is 76.4 Å². The molecule has 1 aliphatic rings. The van der Waals surface area contributed by atoms with E-state index >= 15 is 0 Å². The first-order valence-corrected chi connectivity index (χ1v) is 12.1. The van der Waals surface area contributed by atoms with Crippen LogP contribution >= 0.6 is 11.6 Å². The van der Waals surface area contributed by atoms with Gasteiger partial charge in [0.1, 0.15) is 5.75 Å². The van der Waals surface area contributed by atoms with E-state index in [0.717, 1.165) is 37.7 Å². The van der Waals surface area contributed by atoms with E-state index in [9.17, 15) is 9.90 Å². The minimum Gasteiger partial charge on any atom is -0.496 e. The van der Waals surface area contributed by atoms with Crippen LogP contribution in [0.4, 0.5) is 0 Å². The highest BCUT2D eigenvalue weighted by molar-refractivity contribution is 6.36. The third kappa shape index (κ3) is 5.46. The van der Waals surface area contributed by atoms with Gasteiger partial charge in [-0.25, -0.2) is 0 Å². The van der Waals surface area contributed by atoms with Crippen LogP contribution in [0.15, 0.2) is 18.2 Å². The van der Waals surface area contributed by atoms with Gasteiger partial charge in [0.2, 0.25) is 0 Å². The molecule has 0 unspecified atom stereocenters. The summed E-state index contributed by atoms with van der Waals surface area (Å²) >= 11 is 6.70. The largest absolute Gasteiger partial charge is 0.496 e. The summed E-state index contributed by atoms with van der Waals surface area (Å²) in [7, 11) is 1.64. The van der Waals surface area contributed by atoms with Crippen molar-refractivity contribution >= 4 is 17.5 Å². The van der Waals surface area contributed by atoms with Crippen LogP contribution < -0.4 is 10.1 Å². The Morgan fingerprint density at radius 2 is 2.06 bits per heavy atom. The molecule has 32 heavy (non-hydrogen) atoms. The Balaban J connectivity index is 1.84. The van der Waals surface area contributed by atoms with Crippen molar-refractivity contribution in [3.63, 3.8) is 0 Å². The third-order valence-corrected chi connectivity index (χ3v) is 6.89. The molecule has 2 aromatic rings. The molecule has 7 heteroatoms. The zero-order valence-corrected chi connectivity index (χ0v) is 20.5. The fourth-order valence-electron chi connectivity index (χ4n) is 4.34. The second kappa shape index (κ2) is 10.7. The number of ether oxygens (including phenoxy) is 1. The summed E-state index contributed by atoms with van der Waals surface area (Å²) in [5.41, 5.74) is 2.00. The van der Waals surface area contributed by atoms with E-state index in [1.807, 2.05) is 19.1 Å². The molecule has 0 radical (unpaired) electrons. The molecular formula is C25H36ClN3O3. The number of carbonyl (C=O) groups excluding carboxylic acids is 1. The van der Waals surface area contributed by atoms with Gasteiger partial charge in [-0.15, -0.1) is 0 Å². The van der Waals surface area contributed by atoms with E-state index in [4.69, 9.17) is 16.3 Å². The molecule has 176 valence electrons. The molecular weight excluding hydrogens is 426 g/mol. The van der Waals surface area contributed by atoms with Gasteiger partial charge in [-0.1, -0.05) is 37.9 Å². The molecule has 2 N–H and O–H groups in total. The number of benzene rings is 1. The SMILES string of the molecule is CCCCc1ccc(-c2c(Cl)c(C(=O)NCC3(O)CCC(C)CC3)nn2CC)c(OC)c1. The average molecular weight is 462 g/mol. The molecule has 0 aliphatic heterocycles. The molecule has 3 rings (SSSR count). The predicted molar refractivity (Wildman–Crippen MR) is 128 cm³/mol. The Labute approximate surface area is 196 Å². The first-order valence-electron chi connectivity index (χ1n) is 11.8. The number of aromatic nitrogens is 2. The lowest BCUT2D eigenvalue weighted by Gasteiger charge is -2.34. The zero-order valence-electron chi connectivity index (χ0n) is 19.7. The Hall–Kier alpha value is -2.05. The summed E-state index contributed by atoms with van der Waals surface area (Å²) in [5.74, 6) is 0.966. The Morgan fingerprint density at radius 1 is 1.34 bits per heavy atom. The molecule has 0 bridgehead atoms. The Kier molecular flexibility index (Phi) is 8.23. The molecule has 6 nitrogen and oxygen atoms in total. The molecule has 1 aliphatic carbocycles. The molecule has 1 aromatic carbocycles. The number of carbonyl (C=O) groups is 1. The first-order chi connectivity index (χ1) is 15.3. The van der Waals surface area contributed by atoms with Gasteiger partial charge >= 0.3 is 0 Å². The maximum absolute atomic E-state index is 12.9. The van der Waals surface area contributed by atoms with E-state index in [-0.39, 0.29) is 18.1 Å². The summed E-state index contributed by atoms with van der Waals surface area (Å²) in [6, 6.07) is 6.11. The van der Waals surface area contributed by atoms with Crippen molar-refractivity contribution in [1.82, 2.24) is 15.1 Å². The number of hydrogen-bond donors (Lipinski definition) is 2. The Bertz CT molecular complexity index is 933. The van der Waals surface area contributed by atoms with E-state index < -0.39 is 5.60 Å². The fraction of sp³-hybridized carbons (Fsp3) is 0.600. The standard InChI is InChI=1S/C25H36ClN3O3/c1-5-7-8-18-9-10-19(20(15-18)32-4)23-21(26)22(28-29(23)6-2)24(30)27-16-25(31)13-11-17(3)12-14-25/h9-10,15,17,31H,5-8,11-14,16H2,1-4H3,(H,27,30). The number of hydrogen-bond acceptors (Lipinski definition) is 4. The maximum Gasteiger partial charge on any atom is 0.273 e. The number of nitrogens with one attached hydrogen (secondary N) is 1. The van der Waals surface area contributed by atoms with Crippen molar-refractivity contribution in [3.8, 4) is 17.0 Å². The quantitative estimate of drug-likeness (QED) is 0.535. The van der Waals surface area contributed by atoms with Crippen LogP contribution in [0.5, 0.6) is 5.75 Å².